The van der Waals surface area contributed by atoms with Gasteiger partial charge in [0.05, 0.1) is 27.9 Å². The first-order chi connectivity index (χ1) is 10.5. The summed E-state index contributed by atoms with van der Waals surface area (Å²) in [6.45, 7) is 0.827. The maximum atomic E-state index is 12.4. The molecule has 3 rings (SSSR count). The third kappa shape index (κ3) is 3.74. The highest BCUT2D eigenvalue weighted by Gasteiger charge is 2.25. The molecule has 0 bridgehead atoms. The molecule has 124 valence electrons. The van der Waals surface area contributed by atoms with Gasteiger partial charge in [0.2, 0.25) is 0 Å². The largest absolute Gasteiger partial charge is 0.313 e. The average Bonchev–Trinajstić information content (AvgIpc) is 2.98. The molecule has 8 nitrogen and oxygen atoms in total. The lowest BCUT2D eigenvalue weighted by molar-refractivity contribution is -0.384. The van der Waals surface area contributed by atoms with Gasteiger partial charge >= 0.3 is 0 Å². The van der Waals surface area contributed by atoms with E-state index in [1.165, 1.54) is 18.2 Å². The predicted molar refractivity (Wildman–Crippen MR) is 86.5 cm³/mol. The zero-order valence-corrected chi connectivity index (χ0v) is 13.6. The van der Waals surface area contributed by atoms with Crippen LogP contribution in [0.4, 0.5) is 5.69 Å². The van der Waals surface area contributed by atoms with Gasteiger partial charge in [0, 0.05) is 18.2 Å². The number of non-ortho nitro benzene ring substituents is 1. The average molecular weight is 359 g/mol. The monoisotopic (exact) mass is 358 g/mol. The number of nitrogens with zero attached hydrogens (tertiary/aromatic N) is 3. The second-order valence-electron chi connectivity index (χ2n) is 5.21. The lowest BCUT2D eigenvalue weighted by Crippen LogP contribution is -2.30. The van der Waals surface area contributed by atoms with Crippen LogP contribution in [0.15, 0.2) is 29.4 Å². The molecule has 1 aliphatic rings. The van der Waals surface area contributed by atoms with Crippen LogP contribution in [-0.4, -0.2) is 41.6 Å². The molecule has 1 aromatic heterocycles. The first-order valence-electron chi connectivity index (χ1n) is 6.83. The van der Waals surface area contributed by atoms with E-state index in [-0.39, 0.29) is 34.9 Å². The number of aromatic nitrogens is 2. The minimum absolute atomic E-state index is 0. The van der Waals surface area contributed by atoms with Crippen molar-refractivity contribution < 1.29 is 13.3 Å². The highest BCUT2D eigenvalue weighted by molar-refractivity contribution is 7.91. The van der Waals surface area contributed by atoms with E-state index in [0.29, 0.717) is 11.0 Å². The summed E-state index contributed by atoms with van der Waals surface area (Å²) in [6.07, 6.45) is 2.95. The highest BCUT2D eigenvalue weighted by atomic mass is 35.5. The Hall–Kier alpha value is -1.84. The Kier molecular flexibility index (Phi) is 5.12. The second kappa shape index (κ2) is 6.73. The Morgan fingerprint density at radius 1 is 1.35 bits per heavy atom. The van der Waals surface area contributed by atoms with Crippen LogP contribution in [0.25, 0.3) is 11.0 Å². The van der Waals surface area contributed by atoms with Gasteiger partial charge in [0.1, 0.15) is 0 Å². The van der Waals surface area contributed by atoms with Crippen LogP contribution in [0.2, 0.25) is 0 Å². The van der Waals surface area contributed by atoms with E-state index in [0.717, 1.165) is 25.6 Å². The summed E-state index contributed by atoms with van der Waals surface area (Å²) in [4.78, 5) is 18.3. The standard InChI is InChI=1S/C13H14N4O4S.ClH/c18-17(19)10-3-4-11-12(6-10)15-7-13(16-11)22(20,21)8-9-2-1-5-14-9;/h3-4,6-7,9,14H,1-2,5,8H2;1H. The molecule has 1 aromatic carbocycles. The van der Waals surface area contributed by atoms with Crippen molar-refractivity contribution >= 4 is 39.0 Å². The van der Waals surface area contributed by atoms with Gasteiger partial charge in [-0.3, -0.25) is 15.1 Å². The number of nitrogens with one attached hydrogen (secondary N) is 1. The van der Waals surface area contributed by atoms with Gasteiger partial charge in [0.15, 0.2) is 14.9 Å². The van der Waals surface area contributed by atoms with Gasteiger partial charge in [-0.25, -0.2) is 13.4 Å². The van der Waals surface area contributed by atoms with Crippen LogP contribution in [0.5, 0.6) is 0 Å². The van der Waals surface area contributed by atoms with Crippen molar-refractivity contribution in [2.24, 2.45) is 0 Å². The lowest BCUT2D eigenvalue weighted by atomic mass is 10.2. The van der Waals surface area contributed by atoms with Gasteiger partial charge in [-0.2, -0.15) is 0 Å². The molecule has 2 aromatic rings. The first kappa shape index (κ1) is 17.5. The molecule has 1 fully saturated rings. The minimum Gasteiger partial charge on any atom is -0.313 e. The Labute approximate surface area is 138 Å². The fourth-order valence-electron chi connectivity index (χ4n) is 2.49. The number of halogens is 1. The summed E-state index contributed by atoms with van der Waals surface area (Å²) in [5, 5.41) is 13.8. The van der Waals surface area contributed by atoms with Crippen molar-refractivity contribution in [1.82, 2.24) is 15.3 Å². The molecule has 23 heavy (non-hydrogen) atoms. The van der Waals surface area contributed by atoms with E-state index in [9.17, 15) is 18.5 Å². The normalized spacial score (nSPS) is 17.8. The molecule has 1 atom stereocenters. The summed E-state index contributed by atoms with van der Waals surface area (Å²) in [5.74, 6) is -0.0137. The van der Waals surface area contributed by atoms with Crippen LogP contribution in [0.1, 0.15) is 12.8 Å². The van der Waals surface area contributed by atoms with E-state index in [2.05, 4.69) is 15.3 Å². The highest BCUT2D eigenvalue weighted by Crippen LogP contribution is 2.20. The third-order valence-corrected chi connectivity index (χ3v) is 5.29. The maximum Gasteiger partial charge on any atom is 0.271 e. The van der Waals surface area contributed by atoms with Crippen LogP contribution in [-0.2, 0) is 9.84 Å². The Morgan fingerprint density at radius 3 is 2.78 bits per heavy atom. The zero-order valence-electron chi connectivity index (χ0n) is 12.0. The molecule has 1 unspecified atom stereocenters. The van der Waals surface area contributed by atoms with E-state index in [4.69, 9.17) is 0 Å². The summed E-state index contributed by atoms with van der Waals surface area (Å²) in [7, 11) is -3.53. The number of benzene rings is 1. The number of sulfone groups is 1. The van der Waals surface area contributed by atoms with Crippen molar-refractivity contribution in [2.75, 3.05) is 12.3 Å². The smallest absolute Gasteiger partial charge is 0.271 e. The number of rotatable bonds is 4. The summed E-state index contributed by atoms with van der Waals surface area (Å²) >= 11 is 0. The first-order valence-corrected chi connectivity index (χ1v) is 8.48. The van der Waals surface area contributed by atoms with E-state index >= 15 is 0 Å². The molecule has 2 heterocycles. The fourth-order valence-corrected chi connectivity index (χ4v) is 3.93. The summed E-state index contributed by atoms with van der Waals surface area (Å²) in [5.41, 5.74) is 0.519. The quantitative estimate of drug-likeness (QED) is 0.650. The predicted octanol–water partition coefficient (Wildman–Crippen LogP) is 1.49. The molecule has 0 spiro atoms. The third-order valence-electron chi connectivity index (χ3n) is 3.62. The second-order valence-corrected chi connectivity index (χ2v) is 7.19. The number of nitro benzene ring substituents is 1. The van der Waals surface area contributed by atoms with Gasteiger partial charge in [-0.15, -0.1) is 12.4 Å². The number of fused-ring (bicyclic) bond motifs is 1. The number of hydrogen-bond donors (Lipinski definition) is 1. The fraction of sp³-hybridized carbons (Fsp3) is 0.385. The van der Waals surface area contributed by atoms with Gasteiger partial charge in [-0.1, -0.05) is 0 Å². The number of nitro groups is 1. The van der Waals surface area contributed by atoms with E-state index < -0.39 is 14.8 Å². The molecule has 0 aliphatic carbocycles. The van der Waals surface area contributed by atoms with E-state index in [1.807, 2.05) is 0 Å². The zero-order chi connectivity index (χ0) is 15.7. The molecular formula is C13H15ClN4O4S. The summed E-state index contributed by atoms with van der Waals surface area (Å²) < 4.78 is 24.7. The van der Waals surface area contributed by atoms with Crippen molar-refractivity contribution in [3.8, 4) is 0 Å². The molecule has 0 saturated carbocycles. The van der Waals surface area contributed by atoms with Crippen molar-refractivity contribution in [2.45, 2.75) is 23.9 Å². The van der Waals surface area contributed by atoms with Gasteiger partial charge < -0.3 is 5.32 Å². The maximum absolute atomic E-state index is 12.4. The Balaban J connectivity index is 0.00000192. The van der Waals surface area contributed by atoms with Crippen molar-refractivity contribution in [3.63, 3.8) is 0 Å². The molecular weight excluding hydrogens is 344 g/mol. The van der Waals surface area contributed by atoms with Gasteiger partial charge in [0.25, 0.3) is 5.69 Å². The van der Waals surface area contributed by atoms with E-state index in [1.54, 1.807) is 0 Å². The van der Waals surface area contributed by atoms with Crippen molar-refractivity contribution in [1.29, 1.82) is 0 Å². The SMILES string of the molecule is Cl.O=[N+]([O-])c1ccc2nc(S(=O)(=O)CC3CCCN3)cnc2c1. The van der Waals surface area contributed by atoms with Gasteiger partial charge in [-0.05, 0) is 25.5 Å². The molecule has 0 amide bonds. The molecule has 1 saturated heterocycles. The lowest BCUT2D eigenvalue weighted by Gasteiger charge is -2.10. The Morgan fingerprint density at radius 2 is 2.13 bits per heavy atom. The molecule has 1 N–H and O–H groups in total. The number of hydrogen-bond acceptors (Lipinski definition) is 7. The van der Waals surface area contributed by atoms with Crippen LogP contribution < -0.4 is 5.32 Å². The van der Waals surface area contributed by atoms with Crippen molar-refractivity contribution in [3.05, 3.63) is 34.5 Å². The van der Waals surface area contributed by atoms with Crippen LogP contribution in [0.3, 0.4) is 0 Å². The molecule has 1 aliphatic heterocycles. The topological polar surface area (TPSA) is 115 Å². The summed E-state index contributed by atoms with van der Waals surface area (Å²) in [6, 6.07) is 3.91. The van der Waals surface area contributed by atoms with Crippen LogP contribution in [0, 0.1) is 10.1 Å². The molecule has 0 radical (unpaired) electrons. The molecule has 10 heteroatoms. The van der Waals surface area contributed by atoms with Crippen LogP contribution >= 0.6 is 12.4 Å². The minimum atomic E-state index is -3.53. The Bertz CT molecular complexity index is 837.